The Labute approximate surface area is 374 Å². The molecule has 0 bridgehead atoms. The van der Waals surface area contributed by atoms with Gasteiger partial charge in [0, 0.05) is 102 Å². The molecular formula is C44H58ClN11O6S. The Morgan fingerprint density at radius 1 is 0.841 bits per heavy atom. The molecule has 17 nitrogen and oxygen atoms in total. The predicted octanol–water partition coefficient (Wildman–Crippen LogP) is 4.52. The van der Waals surface area contributed by atoms with Crippen molar-refractivity contribution in [3.05, 3.63) is 89.0 Å². The molecule has 5 aliphatic heterocycles. The number of halogens is 1. The van der Waals surface area contributed by atoms with Crippen LogP contribution in [0.2, 0.25) is 5.02 Å². The van der Waals surface area contributed by atoms with Gasteiger partial charge in [0.25, 0.3) is 0 Å². The van der Waals surface area contributed by atoms with Gasteiger partial charge < -0.3 is 24.3 Å². The third-order valence-corrected chi connectivity index (χ3v) is 14.2. The van der Waals surface area contributed by atoms with Crippen molar-refractivity contribution in [3.8, 4) is 0 Å². The molecule has 5 aliphatic rings. The van der Waals surface area contributed by atoms with Crippen molar-refractivity contribution in [1.82, 2.24) is 39.2 Å². The van der Waals surface area contributed by atoms with Gasteiger partial charge in [0.1, 0.15) is 0 Å². The van der Waals surface area contributed by atoms with Gasteiger partial charge in [-0.05, 0) is 73.0 Å². The van der Waals surface area contributed by atoms with Crippen LogP contribution in [0, 0.1) is 24.2 Å². The molecule has 1 spiro atoms. The van der Waals surface area contributed by atoms with E-state index in [1.54, 1.807) is 24.3 Å². The Kier molecular flexibility index (Phi) is 13.2. The number of ether oxygens (including phenoxy) is 1. The lowest BCUT2D eigenvalue weighted by atomic mass is 9.86. The second-order valence-corrected chi connectivity index (χ2v) is 20.0. The average molecular weight is 905 g/mol. The smallest absolute Gasteiger partial charge is 0.344 e. The molecule has 5 saturated heterocycles. The summed E-state index contributed by atoms with van der Waals surface area (Å²) in [4.78, 5) is 49.9. The summed E-state index contributed by atoms with van der Waals surface area (Å²) in [6, 6.07) is 14.4. The van der Waals surface area contributed by atoms with Crippen molar-refractivity contribution >= 4 is 56.7 Å². The molecule has 3 unspecified atom stereocenters. The van der Waals surface area contributed by atoms with Crippen molar-refractivity contribution in [2.75, 3.05) is 106 Å². The van der Waals surface area contributed by atoms with Crippen LogP contribution in [-0.4, -0.2) is 158 Å². The highest BCUT2D eigenvalue weighted by Gasteiger charge is 2.45. The SMILES string of the molecule is CC(=O)N(C)c1cnn(C(=O)N2CCC3(CCN(Cc4ccc(N5CCOCC5)cc4C)C3)C2)c1.CS(=O)(=O)Nc1cnn(C(=O)N2CC3CN(Cc4ccccc4Cl)CC3C2)c1. The molecule has 19 heteroatoms. The fraction of sp³-hybridized carbons (Fsp3) is 0.523. The molecule has 3 amide bonds. The Morgan fingerprint density at radius 2 is 1.51 bits per heavy atom. The molecule has 0 radical (unpaired) electrons. The Morgan fingerprint density at radius 3 is 2.21 bits per heavy atom. The van der Waals surface area contributed by atoms with E-state index in [9.17, 15) is 22.8 Å². The summed E-state index contributed by atoms with van der Waals surface area (Å²) in [7, 11) is -1.71. The average Bonchev–Trinajstić information content (AvgIpc) is 4.12. The van der Waals surface area contributed by atoms with Gasteiger partial charge in [-0.2, -0.15) is 19.6 Å². The number of nitrogens with zero attached hydrogens (tertiary/aromatic N) is 10. The van der Waals surface area contributed by atoms with Crippen LogP contribution in [0.3, 0.4) is 0 Å². The number of nitrogens with one attached hydrogen (secondary N) is 1. The van der Waals surface area contributed by atoms with Crippen LogP contribution in [0.15, 0.2) is 67.3 Å². The monoisotopic (exact) mass is 903 g/mol. The zero-order valence-electron chi connectivity index (χ0n) is 36.5. The summed E-state index contributed by atoms with van der Waals surface area (Å²) in [5, 5.41) is 8.99. The number of anilines is 3. The van der Waals surface area contributed by atoms with Gasteiger partial charge in [-0.1, -0.05) is 35.9 Å². The first-order chi connectivity index (χ1) is 30.1. The third-order valence-electron chi connectivity index (χ3n) is 13.2. The number of morpholine rings is 1. The molecule has 1 N–H and O–H groups in total. The highest BCUT2D eigenvalue weighted by Crippen LogP contribution is 2.40. The topological polar surface area (TPSA) is 162 Å². The summed E-state index contributed by atoms with van der Waals surface area (Å²) < 4.78 is 32.9. The van der Waals surface area contributed by atoms with Crippen molar-refractivity contribution in [2.24, 2.45) is 17.3 Å². The van der Waals surface area contributed by atoms with E-state index in [2.05, 4.69) is 54.7 Å². The fourth-order valence-corrected chi connectivity index (χ4v) is 10.4. The van der Waals surface area contributed by atoms with Crippen molar-refractivity contribution in [1.29, 1.82) is 0 Å². The van der Waals surface area contributed by atoms with Crippen molar-refractivity contribution < 1.29 is 27.5 Å². The van der Waals surface area contributed by atoms with Crippen LogP contribution in [-0.2, 0) is 32.6 Å². The summed E-state index contributed by atoms with van der Waals surface area (Å²) in [6.45, 7) is 15.8. The molecule has 2 aromatic heterocycles. The highest BCUT2D eigenvalue weighted by molar-refractivity contribution is 7.92. The first-order valence-electron chi connectivity index (χ1n) is 21.6. The van der Waals surface area contributed by atoms with Gasteiger partial charge >= 0.3 is 12.1 Å². The maximum absolute atomic E-state index is 13.1. The first kappa shape index (κ1) is 44.6. The number of sulfonamides is 1. The summed E-state index contributed by atoms with van der Waals surface area (Å²) in [5.41, 5.74) is 6.19. The number of aryl methyl sites for hydroxylation is 1. The van der Waals surface area contributed by atoms with Crippen LogP contribution in [0.4, 0.5) is 26.7 Å². The van der Waals surface area contributed by atoms with Crippen molar-refractivity contribution in [2.45, 2.75) is 39.8 Å². The number of hydrogen-bond donors (Lipinski definition) is 1. The standard InChI is InChI=1S/C26H36N6O3.C18H22ClN5O3S/c1-20-14-23(30-10-12-35-13-11-30)5-4-22(20)16-29-8-6-26(18-29)7-9-31(19-26)25(34)32-17-24(15-27-32)28(3)21(2)33;1-28(26,27)21-16-6-20-24(12-16)18(25)23-10-14-8-22(9-15(14)11-23)7-13-4-2-3-5-17(13)19/h4-5,14-15,17H,6-13,16,18-19H2,1-3H3;2-6,12,14-15,21H,7-11H2,1H3. The lowest BCUT2D eigenvalue weighted by Crippen LogP contribution is -2.36. The van der Waals surface area contributed by atoms with E-state index < -0.39 is 10.0 Å². The molecule has 63 heavy (non-hydrogen) atoms. The number of carbonyl (C=O) groups is 3. The second kappa shape index (κ2) is 18.6. The number of likely N-dealkylation sites (tertiary alicyclic amines) is 4. The maximum atomic E-state index is 13.1. The summed E-state index contributed by atoms with van der Waals surface area (Å²) in [6.07, 6.45) is 9.13. The normalized spacial score (nSPS) is 22.7. The molecule has 4 aromatic rings. The maximum Gasteiger partial charge on any atom is 0.344 e. The number of fused-ring (bicyclic) bond motifs is 1. The predicted molar refractivity (Wildman–Crippen MR) is 242 cm³/mol. The molecule has 0 saturated carbocycles. The minimum absolute atomic E-state index is 0.0888. The highest BCUT2D eigenvalue weighted by atomic mass is 35.5. The number of aromatic nitrogens is 4. The lowest BCUT2D eigenvalue weighted by molar-refractivity contribution is -0.116. The van der Waals surface area contributed by atoms with E-state index in [4.69, 9.17) is 16.3 Å². The van der Waals surface area contributed by atoms with Gasteiger partial charge in [-0.3, -0.25) is 19.3 Å². The number of rotatable bonds is 8. The van der Waals surface area contributed by atoms with E-state index in [0.717, 1.165) is 108 Å². The second-order valence-electron chi connectivity index (χ2n) is 17.9. The van der Waals surface area contributed by atoms with Gasteiger partial charge in [0.05, 0.1) is 55.6 Å². The Balaban J connectivity index is 0.000000177. The summed E-state index contributed by atoms with van der Waals surface area (Å²) >= 11 is 6.27. The zero-order chi connectivity index (χ0) is 44.5. The molecule has 7 heterocycles. The van der Waals surface area contributed by atoms with E-state index >= 15 is 0 Å². The Hall–Kier alpha value is -5.01. The molecule has 3 atom stereocenters. The lowest BCUT2D eigenvalue weighted by Gasteiger charge is -2.29. The van der Waals surface area contributed by atoms with E-state index in [-0.39, 0.29) is 29.1 Å². The quantitative estimate of drug-likeness (QED) is 0.265. The molecule has 5 fully saturated rings. The van der Waals surface area contributed by atoms with E-state index in [1.165, 1.54) is 50.4 Å². The van der Waals surface area contributed by atoms with Gasteiger partial charge in [0.15, 0.2) is 0 Å². The molecular weight excluding hydrogens is 846 g/mol. The molecule has 338 valence electrons. The van der Waals surface area contributed by atoms with Gasteiger partial charge in [-0.15, -0.1) is 0 Å². The van der Waals surface area contributed by atoms with E-state index in [1.807, 2.05) is 29.2 Å². The van der Waals surface area contributed by atoms with Crippen LogP contribution in [0.1, 0.15) is 36.5 Å². The molecule has 9 rings (SSSR count). The fourth-order valence-electron chi connectivity index (χ4n) is 9.71. The number of amides is 3. The minimum atomic E-state index is -3.40. The number of benzene rings is 2. The first-order valence-corrected chi connectivity index (χ1v) is 23.9. The molecule has 0 aliphatic carbocycles. The largest absolute Gasteiger partial charge is 0.378 e. The van der Waals surface area contributed by atoms with Gasteiger partial charge in [0.2, 0.25) is 15.9 Å². The zero-order valence-corrected chi connectivity index (χ0v) is 38.1. The van der Waals surface area contributed by atoms with Gasteiger partial charge in [-0.25, -0.2) is 18.0 Å². The Bertz CT molecular complexity index is 2410. The van der Waals surface area contributed by atoms with Crippen LogP contribution in [0.25, 0.3) is 0 Å². The number of hydrogen-bond acceptors (Lipinski definition) is 11. The summed E-state index contributed by atoms with van der Waals surface area (Å²) in [5.74, 6) is 0.764. The third kappa shape index (κ3) is 10.5. The number of carbonyl (C=O) groups excluding carboxylic acids is 3. The van der Waals surface area contributed by atoms with Crippen molar-refractivity contribution in [3.63, 3.8) is 0 Å². The van der Waals surface area contributed by atoms with E-state index in [0.29, 0.717) is 30.6 Å². The minimum Gasteiger partial charge on any atom is -0.378 e. The van der Waals surface area contributed by atoms with Crippen LogP contribution < -0.4 is 14.5 Å². The van der Waals surface area contributed by atoms with Crippen LogP contribution >= 0.6 is 11.6 Å². The van der Waals surface area contributed by atoms with Crippen LogP contribution in [0.5, 0.6) is 0 Å². The molecule has 2 aromatic carbocycles.